The summed E-state index contributed by atoms with van der Waals surface area (Å²) in [5, 5.41) is 14.2. The van der Waals surface area contributed by atoms with Gasteiger partial charge < -0.3 is 0 Å². The van der Waals surface area contributed by atoms with Crippen LogP contribution in [0.4, 0.5) is 5.69 Å². The van der Waals surface area contributed by atoms with Crippen LogP contribution < -0.4 is 10.7 Å². The number of hydrazone groups is 1. The molecular weight excluding hydrogens is 496 g/mol. The van der Waals surface area contributed by atoms with Gasteiger partial charge in [0.05, 0.1) is 19.3 Å². The molecule has 0 aliphatic carbocycles. The molecule has 2 heterocycles. The maximum atomic E-state index is 4.75. The van der Waals surface area contributed by atoms with E-state index in [1.54, 1.807) is 11.8 Å². The fraction of sp³-hybridized carbons (Fsp3) is 0.120. The lowest BCUT2D eigenvalue weighted by atomic mass is 10.2. The van der Waals surface area contributed by atoms with E-state index in [9.17, 15) is 0 Å². The molecule has 1 N–H and O–H groups in total. The molecule has 0 fully saturated rings. The van der Waals surface area contributed by atoms with Gasteiger partial charge in [0.1, 0.15) is 17.1 Å². The second kappa shape index (κ2) is 10.1. The average molecular weight is 519 g/mol. The molecule has 0 atom stereocenters. The van der Waals surface area contributed by atoms with Crippen LogP contribution in [0, 0.1) is 0 Å². The number of hydrogen-bond donors (Lipinski definition) is 1. The van der Waals surface area contributed by atoms with E-state index in [4.69, 9.17) is 5.10 Å². The fourth-order valence-corrected chi connectivity index (χ4v) is 4.90. The van der Waals surface area contributed by atoms with Crippen LogP contribution >= 0.6 is 27.7 Å². The zero-order chi connectivity index (χ0) is 22.5. The molecule has 5 rings (SSSR count). The summed E-state index contributed by atoms with van der Waals surface area (Å²) >= 11 is 5.29. The predicted octanol–water partition coefficient (Wildman–Crippen LogP) is 5.67. The van der Waals surface area contributed by atoms with Gasteiger partial charge in [-0.15, -0.1) is 5.10 Å². The topological polar surface area (TPSA) is 48.7 Å². The molecule has 1 aliphatic rings. The second-order valence-electron chi connectivity index (χ2n) is 7.63. The Kier molecular flexibility index (Phi) is 6.64. The van der Waals surface area contributed by atoms with Crippen molar-refractivity contribution in [2.45, 2.75) is 23.9 Å². The van der Waals surface area contributed by atoms with E-state index >= 15 is 0 Å². The van der Waals surface area contributed by atoms with Crippen LogP contribution in [0.25, 0.3) is 0 Å². The van der Waals surface area contributed by atoms with E-state index in [-0.39, 0.29) is 0 Å². The minimum Gasteiger partial charge on any atom is -0.252 e. The van der Waals surface area contributed by atoms with Gasteiger partial charge in [-0.3, -0.25) is 4.68 Å². The Morgan fingerprint density at radius 2 is 1.45 bits per heavy atom. The molecule has 0 saturated heterocycles. The van der Waals surface area contributed by atoms with Crippen LogP contribution in [-0.2, 0) is 18.8 Å². The lowest BCUT2D eigenvalue weighted by Crippen LogP contribution is -2.42. The van der Waals surface area contributed by atoms with Crippen molar-refractivity contribution in [2.24, 2.45) is 5.10 Å². The predicted molar refractivity (Wildman–Crippen MR) is 138 cm³/mol. The van der Waals surface area contributed by atoms with E-state index in [1.807, 2.05) is 29.8 Å². The van der Waals surface area contributed by atoms with Crippen LogP contribution in [0.5, 0.6) is 0 Å². The number of anilines is 1. The first kappa shape index (κ1) is 21.6. The van der Waals surface area contributed by atoms with E-state index in [0.29, 0.717) is 13.1 Å². The van der Waals surface area contributed by atoms with Crippen molar-refractivity contribution in [3.8, 4) is 0 Å². The Balaban J connectivity index is 1.42. The number of aromatic nitrogens is 2. The summed E-state index contributed by atoms with van der Waals surface area (Å²) in [5.41, 5.74) is 7.78. The van der Waals surface area contributed by atoms with Crippen LogP contribution in [0.15, 0.2) is 106 Å². The molecule has 0 unspecified atom stereocenters. The van der Waals surface area contributed by atoms with Crippen molar-refractivity contribution in [1.29, 1.82) is 0 Å². The number of halogens is 1. The van der Waals surface area contributed by atoms with Crippen LogP contribution in [0.2, 0.25) is 0 Å². The van der Waals surface area contributed by atoms with Crippen LogP contribution in [0.1, 0.15) is 16.7 Å². The van der Waals surface area contributed by atoms with Crippen molar-refractivity contribution < 1.29 is 0 Å². The summed E-state index contributed by atoms with van der Waals surface area (Å²) < 4.78 is 3.13. The molecule has 0 radical (unpaired) electrons. The van der Waals surface area contributed by atoms with Crippen molar-refractivity contribution in [3.05, 3.63) is 112 Å². The van der Waals surface area contributed by atoms with Gasteiger partial charge in [-0.25, -0.2) is 5.01 Å². The molecule has 166 valence electrons. The monoisotopic (exact) mass is 518 g/mol. The van der Waals surface area contributed by atoms with Crippen molar-refractivity contribution in [3.63, 3.8) is 0 Å². The van der Waals surface area contributed by atoms with Gasteiger partial charge in [-0.1, -0.05) is 100 Å². The van der Waals surface area contributed by atoms with Crippen molar-refractivity contribution in [1.82, 2.24) is 20.3 Å². The van der Waals surface area contributed by atoms with Gasteiger partial charge in [-0.2, -0.15) is 15.8 Å². The summed E-state index contributed by atoms with van der Waals surface area (Å²) in [6, 6.07) is 29.3. The minimum atomic E-state index is 0.691. The first-order valence-electron chi connectivity index (χ1n) is 10.6. The smallest absolute Gasteiger partial charge is 0.135 e. The molecule has 0 spiro atoms. The Hall–Kier alpha value is -3.23. The highest BCUT2D eigenvalue weighted by atomic mass is 79.9. The summed E-state index contributed by atoms with van der Waals surface area (Å²) in [6.07, 6.45) is 3.72. The highest BCUT2D eigenvalue weighted by Gasteiger charge is 2.25. The van der Waals surface area contributed by atoms with Gasteiger partial charge in [0.2, 0.25) is 0 Å². The Morgan fingerprint density at radius 3 is 2.18 bits per heavy atom. The Morgan fingerprint density at radius 1 is 0.788 bits per heavy atom. The lowest BCUT2D eigenvalue weighted by Gasteiger charge is -2.28. The number of hydrazine groups is 2. The van der Waals surface area contributed by atoms with Gasteiger partial charge in [0.25, 0.3) is 0 Å². The van der Waals surface area contributed by atoms with Crippen molar-refractivity contribution >= 4 is 39.7 Å². The van der Waals surface area contributed by atoms with E-state index < -0.39 is 0 Å². The third kappa shape index (κ3) is 5.23. The molecular formula is C25H23BrN6S. The summed E-state index contributed by atoms with van der Waals surface area (Å²) in [5.74, 6) is 0.857. The highest BCUT2D eigenvalue weighted by Crippen LogP contribution is 2.34. The zero-order valence-corrected chi connectivity index (χ0v) is 20.3. The number of rotatable bonds is 8. The SMILES string of the molecule is Brc1ccc(CN2C=NNN2c2cnn(Cc3ccccc3)c2SCc2ccccc2)cc1. The first-order valence-corrected chi connectivity index (χ1v) is 12.4. The minimum absolute atomic E-state index is 0.691. The third-order valence-corrected chi connectivity index (χ3v) is 6.95. The Bertz CT molecular complexity index is 1210. The molecule has 33 heavy (non-hydrogen) atoms. The standard InChI is InChI=1S/C25H23BrN6S/c26-23-13-11-21(12-14-23)16-30-19-27-29-32(30)24-15-28-31(17-20-7-3-1-4-8-20)25(24)33-18-22-9-5-2-6-10-22/h1-15,19,29H,16-18H2. The second-order valence-corrected chi connectivity index (χ2v) is 9.51. The maximum Gasteiger partial charge on any atom is 0.135 e. The van der Waals surface area contributed by atoms with E-state index in [2.05, 4.69) is 109 Å². The summed E-state index contributed by atoms with van der Waals surface area (Å²) in [7, 11) is 0. The maximum absolute atomic E-state index is 4.75. The first-order chi connectivity index (χ1) is 16.3. The zero-order valence-electron chi connectivity index (χ0n) is 17.9. The number of nitrogens with one attached hydrogen (secondary N) is 1. The molecule has 6 nitrogen and oxygen atoms in total. The quantitative estimate of drug-likeness (QED) is 0.304. The number of thioether (sulfide) groups is 1. The highest BCUT2D eigenvalue weighted by molar-refractivity contribution is 9.10. The van der Waals surface area contributed by atoms with Crippen LogP contribution in [-0.4, -0.2) is 21.1 Å². The molecule has 0 amide bonds. The third-order valence-electron chi connectivity index (χ3n) is 5.25. The molecule has 1 aliphatic heterocycles. The van der Waals surface area contributed by atoms with Gasteiger partial charge in [0.15, 0.2) is 0 Å². The average Bonchev–Trinajstić information content (AvgIpc) is 3.47. The molecule has 4 aromatic rings. The van der Waals surface area contributed by atoms with E-state index in [0.717, 1.165) is 20.9 Å². The fourth-order valence-electron chi connectivity index (χ4n) is 3.59. The number of hydrogen-bond acceptors (Lipinski definition) is 6. The van der Waals surface area contributed by atoms with Gasteiger partial charge in [-0.05, 0) is 28.8 Å². The summed E-state index contributed by atoms with van der Waals surface area (Å²) in [6.45, 7) is 1.40. The Labute approximate surface area is 206 Å². The van der Waals surface area contributed by atoms with Gasteiger partial charge in [0, 0.05) is 10.2 Å². The number of nitrogens with zero attached hydrogens (tertiary/aromatic N) is 5. The van der Waals surface area contributed by atoms with E-state index in [1.165, 1.54) is 16.7 Å². The molecule has 3 aromatic carbocycles. The molecule has 1 aromatic heterocycles. The number of benzene rings is 3. The summed E-state index contributed by atoms with van der Waals surface area (Å²) in [4.78, 5) is 0. The molecule has 0 bridgehead atoms. The molecule has 0 saturated carbocycles. The lowest BCUT2D eigenvalue weighted by molar-refractivity contribution is 0.374. The molecule has 8 heteroatoms. The van der Waals surface area contributed by atoms with Gasteiger partial charge >= 0.3 is 0 Å². The normalized spacial score (nSPS) is 12.9. The largest absolute Gasteiger partial charge is 0.252 e. The van der Waals surface area contributed by atoms with Crippen molar-refractivity contribution in [2.75, 3.05) is 5.12 Å². The van der Waals surface area contributed by atoms with Crippen LogP contribution in [0.3, 0.4) is 0 Å².